The Morgan fingerprint density at radius 2 is 2.04 bits per heavy atom. The first-order valence-corrected chi connectivity index (χ1v) is 8.17. The molecule has 0 bridgehead atoms. The molecule has 2 N–H and O–H groups in total. The van der Waals surface area contributed by atoms with Crippen LogP contribution < -0.4 is 5.32 Å². The lowest BCUT2D eigenvalue weighted by atomic mass is 9.86. The van der Waals surface area contributed by atoms with E-state index in [0.29, 0.717) is 22.3 Å². The lowest BCUT2D eigenvalue weighted by Gasteiger charge is -2.27. The Morgan fingerprint density at radius 3 is 2.74 bits per heavy atom. The van der Waals surface area contributed by atoms with E-state index in [2.05, 4.69) is 10.3 Å². The van der Waals surface area contributed by atoms with Crippen LogP contribution in [0.1, 0.15) is 36.2 Å². The third kappa shape index (κ3) is 3.57. The normalized spacial score (nSPS) is 21.1. The molecule has 1 saturated carbocycles. The highest BCUT2D eigenvalue weighted by atomic mass is 35.5. The first-order chi connectivity index (χ1) is 11.2. The van der Waals surface area contributed by atoms with Gasteiger partial charge in [0.05, 0.1) is 5.02 Å². The summed E-state index contributed by atoms with van der Waals surface area (Å²) in [7, 11) is 0. The van der Waals surface area contributed by atoms with E-state index >= 15 is 0 Å². The van der Waals surface area contributed by atoms with Crippen LogP contribution in [0.25, 0.3) is 11.3 Å². The van der Waals surface area contributed by atoms with Gasteiger partial charge in [0.25, 0.3) is 5.91 Å². The van der Waals surface area contributed by atoms with E-state index in [9.17, 15) is 9.90 Å². The van der Waals surface area contributed by atoms with Crippen molar-refractivity contribution in [3.8, 4) is 11.3 Å². The molecule has 5 nitrogen and oxygen atoms in total. The Labute approximate surface area is 139 Å². The molecule has 0 aliphatic heterocycles. The van der Waals surface area contributed by atoms with Crippen molar-refractivity contribution in [1.82, 2.24) is 10.3 Å². The summed E-state index contributed by atoms with van der Waals surface area (Å²) in [5.41, 5.74) is 0.906. The van der Waals surface area contributed by atoms with Crippen molar-refractivity contribution in [2.24, 2.45) is 5.92 Å². The number of aliphatic hydroxyl groups excluding tert-OH is 1. The summed E-state index contributed by atoms with van der Waals surface area (Å²) in [6, 6.07) is 7.31. The molecule has 0 saturated heterocycles. The summed E-state index contributed by atoms with van der Waals surface area (Å²) in [6.45, 7) is 0.223. The van der Waals surface area contributed by atoms with Gasteiger partial charge in [0.1, 0.15) is 0 Å². The molecule has 1 heterocycles. The Morgan fingerprint density at radius 1 is 1.30 bits per heavy atom. The smallest absolute Gasteiger partial charge is 0.274 e. The van der Waals surface area contributed by atoms with Gasteiger partial charge < -0.3 is 14.8 Å². The minimum absolute atomic E-state index is 0.112. The number of halogens is 1. The van der Waals surface area contributed by atoms with Gasteiger partial charge in [-0.2, -0.15) is 0 Å². The maximum Gasteiger partial charge on any atom is 0.274 e. The predicted octanol–water partition coefficient (Wildman–Crippen LogP) is 3.28. The van der Waals surface area contributed by atoms with Crippen molar-refractivity contribution in [3.63, 3.8) is 0 Å². The lowest BCUT2D eigenvalue weighted by Crippen LogP contribution is -2.38. The number of aliphatic hydroxyl groups is 1. The van der Waals surface area contributed by atoms with Crippen molar-refractivity contribution >= 4 is 17.5 Å². The number of amides is 1. The van der Waals surface area contributed by atoms with Crippen LogP contribution in [0.2, 0.25) is 5.02 Å². The fraction of sp³-hybridized carbons (Fsp3) is 0.412. The number of nitrogens with one attached hydrogen (secondary N) is 1. The van der Waals surface area contributed by atoms with Crippen molar-refractivity contribution in [1.29, 1.82) is 0 Å². The van der Waals surface area contributed by atoms with Crippen LogP contribution >= 0.6 is 11.6 Å². The molecule has 0 unspecified atom stereocenters. The van der Waals surface area contributed by atoms with E-state index in [1.807, 2.05) is 12.1 Å². The second-order valence-corrected chi connectivity index (χ2v) is 6.29. The number of aromatic nitrogens is 1. The molecular weight excluding hydrogens is 316 g/mol. The number of benzene rings is 1. The average molecular weight is 335 g/mol. The molecule has 6 heteroatoms. The largest absolute Gasteiger partial charge is 0.443 e. The molecule has 2 aromatic rings. The highest BCUT2D eigenvalue weighted by molar-refractivity contribution is 6.33. The molecule has 0 spiro atoms. The van der Waals surface area contributed by atoms with E-state index in [1.54, 1.807) is 12.1 Å². The van der Waals surface area contributed by atoms with E-state index in [0.717, 1.165) is 25.7 Å². The predicted molar refractivity (Wildman–Crippen MR) is 87.2 cm³/mol. The van der Waals surface area contributed by atoms with Crippen LogP contribution in [0.15, 0.2) is 35.1 Å². The Kier molecular flexibility index (Phi) is 4.98. The van der Waals surface area contributed by atoms with Crippen molar-refractivity contribution < 1.29 is 14.3 Å². The Bertz CT molecular complexity index is 678. The summed E-state index contributed by atoms with van der Waals surface area (Å²) < 4.78 is 5.39. The van der Waals surface area contributed by atoms with Crippen LogP contribution in [0.3, 0.4) is 0 Å². The van der Waals surface area contributed by atoms with Crippen LogP contribution in [0, 0.1) is 5.92 Å². The first kappa shape index (κ1) is 16.0. The Hall–Kier alpha value is -1.85. The number of hydrogen-bond donors (Lipinski definition) is 2. The topological polar surface area (TPSA) is 75.4 Å². The maximum absolute atomic E-state index is 12.5. The molecule has 1 aliphatic rings. The maximum atomic E-state index is 12.5. The molecule has 23 heavy (non-hydrogen) atoms. The van der Waals surface area contributed by atoms with Gasteiger partial charge in [-0.25, -0.2) is 4.98 Å². The van der Waals surface area contributed by atoms with Crippen molar-refractivity contribution in [2.45, 2.75) is 31.7 Å². The van der Waals surface area contributed by atoms with E-state index < -0.39 is 0 Å². The zero-order valence-corrected chi connectivity index (χ0v) is 13.4. The lowest BCUT2D eigenvalue weighted by molar-refractivity contribution is 0.0910. The highest BCUT2D eigenvalue weighted by Crippen LogP contribution is 2.30. The van der Waals surface area contributed by atoms with Gasteiger partial charge in [0.15, 0.2) is 17.8 Å². The third-order valence-corrected chi connectivity index (χ3v) is 4.67. The molecule has 122 valence electrons. The molecule has 1 aromatic carbocycles. The number of carbonyl (C=O) groups is 1. The van der Waals surface area contributed by atoms with Gasteiger partial charge in [-0.15, -0.1) is 0 Å². The molecule has 3 rings (SSSR count). The van der Waals surface area contributed by atoms with Crippen LogP contribution in [0.4, 0.5) is 0 Å². The quantitative estimate of drug-likeness (QED) is 0.899. The zero-order valence-electron chi connectivity index (χ0n) is 12.7. The number of rotatable bonds is 4. The molecule has 0 radical (unpaired) electrons. The standard InChI is InChI=1S/C17H19ClN2O3/c18-14-4-2-1-3-13(14)16-15(19-10-23-16)17(22)20-12-7-5-11(9-21)6-8-12/h1-4,10-12,21H,5-9H2,(H,20,22). The van der Waals surface area contributed by atoms with E-state index in [4.69, 9.17) is 16.0 Å². The minimum Gasteiger partial charge on any atom is -0.443 e. The number of carbonyl (C=O) groups excluding carboxylic acids is 1. The summed E-state index contributed by atoms with van der Waals surface area (Å²) in [4.78, 5) is 16.6. The van der Waals surface area contributed by atoms with E-state index in [-0.39, 0.29) is 24.2 Å². The van der Waals surface area contributed by atoms with Gasteiger partial charge in [-0.1, -0.05) is 23.7 Å². The van der Waals surface area contributed by atoms with Gasteiger partial charge in [-0.3, -0.25) is 4.79 Å². The number of oxazole rings is 1. The second-order valence-electron chi connectivity index (χ2n) is 5.88. The second kappa shape index (κ2) is 7.15. The van der Waals surface area contributed by atoms with Gasteiger partial charge in [-0.05, 0) is 43.7 Å². The van der Waals surface area contributed by atoms with Crippen molar-refractivity contribution in [2.75, 3.05) is 6.61 Å². The highest BCUT2D eigenvalue weighted by Gasteiger charge is 2.25. The summed E-state index contributed by atoms with van der Waals surface area (Å²) in [5, 5.41) is 12.7. The summed E-state index contributed by atoms with van der Waals surface area (Å²) in [6.07, 6.45) is 4.86. The van der Waals surface area contributed by atoms with Gasteiger partial charge in [0.2, 0.25) is 0 Å². The number of hydrogen-bond acceptors (Lipinski definition) is 4. The molecule has 1 amide bonds. The monoisotopic (exact) mass is 334 g/mol. The van der Waals surface area contributed by atoms with Gasteiger partial charge in [0, 0.05) is 18.2 Å². The molecule has 1 aliphatic carbocycles. The molecule has 0 atom stereocenters. The van der Waals surface area contributed by atoms with Crippen molar-refractivity contribution in [3.05, 3.63) is 41.4 Å². The van der Waals surface area contributed by atoms with Crippen LogP contribution in [0.5, 0.6) is 0 Å². The third-order valence-electron chi connectivity index (χ3n) is 4.34. The SMILES string of the molecule is O=C(NC1CCC(CO)CC1)c1ncoc1-c1ccccc1Cl. The minimum atomic E-state index is -0.249. The summed E-state index contributed by atoms with van der Waals surface area (Å²) in [5.74, 6) is 0.493. The fourth-order valence-corrected chi connectivity index (χ4v) is 3.21. The molecule has 1 aromatic heterocycles. The first-order valence-electron chi connectivity index (χ1n) is 7.79. The zero-order chi connectivity index (χ0) is 16.2. The van der Waals surface area contributed by atoms with Crippen LogP contribution in [-0.2, 0) is 0 Å². The summed E-state index contributed by atoms with van der Waals surface area (Å²) >= 11 is 6.17. The van der Waals surface area contributed by atoms with E-state index in [1.165, 1.54) is 6.39 Å². The fourth-order valence-electron chi connectivity index (χ4n) is 2.99. The Balaban J connectivity index is 1.72. The molecule has 1 fully saturated rings. The van der Waals surface area contributed by atoms with Crippen LogP contribution in [-0.4, -0.2) is 28.6 Å². The number of nitrogens with zero attached hydrogens (tertiary/aromatic N) is 1. The molecular formula is C17H19ClN2O3. The average Bonchev–Trinajstić information content (AvgIpc) is 3.05. The van der Waals surface area contributed by atoms with Gasteiger partial charge >= 0.3 is 0 Å².